The van der Waals surface area contributed by atoms with Crippen LogP contribution in [0.15, 0.2) is 48.7 Å². The smallest absolute Gasteiger partial charge is 0.0381 e. The molecule has 3 heteroatoms. The zero-order valence-corrected chi connectivity index (χ0v) is 12.7. The van der Waals surface area contributed by atoms with Gasteiger partial charge in [-0.15, -0.1) is 29.3 Å². The summed E-state index contributed by atoms with van der Waals surface area (Å²) >= 11 is 0. The van der Waals surface area contributed by atoms with Crippen molar-refractivity contribution in [3.05, 3.63) is 66.1 Å². The monoisotopic (exact) mass is 429 g/mol. The van der Waals surface area contributed by atoms with E-state index in [2.05, 4.69) is 11.1 Å². The Hall–Kier alpha value is -1.57. The number of para-hydroxylation sites is 1. The van der Waals surface area contributed by atoms with Gasteiger partial charge < -0.3 is 0 Å². The Labute approximate surface area is 124 Å². The number of nitrogens with zero attached hydrogens (tertiary/aromatic N) is 1. The van der Waals surface area contributed by atoms with Gasteiger partial charge in [0.15, 0.2) is 0 Å². The molecule has 97 valence electrons. The molecule has 3 aromatic rings. The van der Waals surface area contributed by atoms with Crippen molar-refractivity contribution in [3.8, 4) is 11.1 Å². The molecule has 0 saturated carbocycles. The second kappa shape index (κ2) is 5.60. The summed E-state index contributed by atoms with van der Waals surface area (Å²) in [5, 5.41) is 1.08. The summed E-state index contributed by atoms with van der Waals surface area (Å²) in [6.07, 6.45) is 1.77. The van der Waals surface area contributed by atoms with Crippen LogP contribution < -0.4 is 0 Å². The minimum Gasteiger partial charge on any atom is -0.266 e. The van der Waals surface area contributed by atoms with E-state index < -0.39 is 0 Å². The van der Waals surface area contributed by atoms with Gasteiger partial charge in [0.25, 0.3) is 0 Å². The van der Waals surface area contributed by atoms with Crippen molar-refractivity contribution in [1.82, 2.24) is 4.98 Å². The second-order valence-corrected chi connectivity index (χ2v) is 4.26. The van der Waals surface area contributed by atoms with Crippen molar-refractivity contribution in [2.24, 2.45) is 0 Å². The summed E-state index contributed by atoms with van der Waals surface area (Å²) in [5.41, 5.74) is 3.69. The molecule has 2 aromatic carbocycles. The fourth-order valence-corrected chi connectivity index (χ4v) is 2.17. The first-order valence-electron chi connectivity index (χ1n) is 5.77. The van der Waals surface area contributed by atoms with Gasteiger partial charge in [0, 0.05) is 37.6 Å². The molecule has 1 aromatic heterocycles. The van der Waals surface area contributed by atoms with Crippen molar-refractivity contribution in [2.75, 3.05) is 0 Å². The maximum absolute atomic E-state index is 13.1. The van der Waals surface area contributed by atoms with Crippen LogP contribution in [0.3, 0.4) is 0 Å². The molecule has 0 unspecified atom stereocenters. The zero-order valence-electron chi connectivity index (χ0n) is 10.3. The largest absolute Gasteiger partial charge is 0.266 e. The van der Waals surface area contributed by atoms with Crippen LogP contribution in [0.5, 0.6) is 0 Å². The average Bonchev–Trinajstić information content (AvgIpc) is 2.38. The van der Waals surface area contributed by atoms with Crippen LogP contribution in [-0.2, 0) is 20.1 Å². The van der Waals surface area contributed by atoms with Gasteiger partial charge in [-0.05, 0) is 11.5 Å². The minimum atomic E-state index is -0.260. The number of fused-ring (bicyclic) bond motifs is 1. The Morgan fingerprint density at radius 1 is 1.16 bits per heavy atom. The molecule has 0 saturated heterocycles. The third-order valence-corrected chi connectivity index (χ3v) is 3.01. The van der Waals surface area contributed by atoms with E-state index in [9.17, 15) is 4.39 Å². The van der Waals surface area contributed by atoms with E-state index in [1.54, 1.807) is 6.20 Å². The van der Waals surface area contributed by atoms with Crippen molar-refractivity contribution in [3.63, 3.8) is 0 Å². The molecule has 0 aliphatic rings. The van der Waals surface area contributed by atoms with Gasteiger partial charge in [-0.2, -0.15) is 0 Å². The summed E-state index contributed by atoms with van der Waals surface area (Å²) in [6.45, 7) is 1.89. The summed E-state index contributed by atoms with van der Waals surface area (Å²) in [4.78, 5) is 4.41. The third-order valence-electron chi connectivity index (χ3n) is 3.01. The molecule has 0 bridgehead atoms. The first-order valence-corrected chi connectivity index (χ1v) is 5.77. The molecule has 3 rings (SSSR count). The number of aryl methyl sites for hydroxylation is 1. The minimum absolute atomic E-state index is 0. The van der Waals surface area contributed by atoms with Crippen molar-refractivity contribution >= 4 is 10.9 Å². The Bertz CT molecular complexity index is 720. The maximum Gasteiger partial charge on any atom is 0.0381 e. The van der Waals surface area contributed by atoms with Crippen LogP contribution in [0, 0.1) is 18.8 Å². The molecule has 19 heavy (non-hydrogen) atoms. The Morgan fingerprint density at radius 3 is 2.74 bits per heavy atom. The Balaban J connectivity index is 0.00000133. The fraction of sp³-hybridized carbons (Fsp3) is 0.0625. The Morgan fingerprint density at radius 2 is 1.95 bits per heavy atom. The molecule has 0 aliphatic heterocycles. The molecule has 0 N–H and O–H groups in total. The predicted molar refractivity (Wildman–Crippen MR) is 70.7 cm³/mol. The fourth-order valence-electron chi connectivity index (χ4n) is 2.17. The van der Waals surface area contributed by atoms with Gasteiger partial charge >= 0.3 is 0 Å². The molecule has 0 amide bonds. The van der Waals surface area contributed by atoms with Crippen LogP contribution in [-0.4, -0.2) is 4.98 Å². The van der Waals surface area contributed by atoms with E-state index in [0.717, 1.165) is 27.6 Å². The first-order chi connectivity index (χ1) is 8.75. The van der Waals surface area contributed by atoms with E-state index in [0.29, 0.717) is 0 Å². The number of benzene rings is 2. The topological polar surface area (TPSA) is 12.9 Å². The standard InChI is InChI=1S/C16H11FN.Ir/c1-11-10-13(17)7-8-14(11)15-6-2-4-12-5-3-9-18-16(12)15;/h2-7,9-10H,1H3;/q-1;. The maximum atomic E-state index is 13.1. The van der Waals surface area contributed by atoms with E-state index in [-0.39, 0.29) is 25.9 Å². The Kier molecular flexibility index (Phi) is 4.08. The van der Waals surface area contributed by atoms with E-state index in [4.69, 9.17) is 0 Å². The van der Waals surface area contributed by atoms with Gasteiger partial charge in [-0.25, -0.2) is 0 Å². The van der Waals surface area contributed by atoms with E-state index >= 15 is 0 Å². The summed E-state index contributed by atoms with van der Waals surface area (Å²) < 4.78 is 13.1. The average molecular weight is 428 g/mol. The molecular formula is C16H11FIrN-. The van der Waals surface area contributed by atoms with Gasteiger partial charge in [-0.1, -0.05) is 36.8 Å². The molecule has 0 spiro atoms. The SMILES string of the molecule is Cc1cc(F)c[c-]c1-c1cccc2cccnc12.[Ir]. The molecule has 1 heterocycles. The first kappa shape index (κ1) is 13.9. The molecular weight excluding hydrogens is 417 g/mol. The molecule has 0 aliphatic carbocycles. The second-order valence-electron chi connectivity index (χ2n) is 4.26. The number of halogens is 1. The predicted octanol–water partition coefficient (Wildman–Crippen LogP) is 4.15. The van der Waals surface area contributed by atoms with Crippen LogP contribution in [0.25, 0.3) is 22.0 Å². The molecule has 1 radical (unpaired) electrons. The van der Waals surface area contributed by atoms with Crippen LogP contribution >= 0.6 is 0 Å². The molecule has 0 atom stereocenters. The van der Waals surface area contributed by atoms with Gasteiger partial charge in [0.2, 0.25) is 0 Å². The summed E-state index contributed by atoms with van der Waals surface area (Å²) in [6, 6.07) is 15.8. The summed E-state index contributed by atoms with van der Waals surface area (Å²) in [7, 11) is 0. The van der Waals surface area contributed by atoms with E-state index in [1.807, 2.05) is 37.3 Å². The zero-order chi connectivity index (χ0) is 12.5. The van der Waals surface area contributed by atoms with Crippen LogP contribution in [0.1, 0.15) is 5.56 Å². The molecule has 0 fully saturated rings. The number of pyridine rings is 1. The molecule has 1 nitrogen and oxygen atoms in total. The number of hydrogen-bond acceptors (Lipinski definition) is 1. The van der Waals surface area contributed by atoms with Crippen molar-refractivity contribution < 1.29 is 24.5 Å². The van der Waals surface area contributed by atoms with Crippen LogP contribution in [0.4, 0.5) is 4.39 Å². The van der Waals surface area contributed by atoms with Gasteiger partial charge in [-0.3, -0.25) is 9.37 Å². The van der Waals surface area contributed by atoms with E-state index in [1.165, 1.54) is 12.1 Å². The van der Waals surface area contributed by atoms with Crippen molar-refractivity contribution in [1.29, 1.82) is 0 Å². The third kappa shape index (κ3) is 2.58. The quantitative estimate of drug-likeness (QED) is 0.531. The van der Waals surface area contributed by atoms with Crippen LogP contribution in [0.2, 0.25) is 0 Å². The van der Waals surface area contributed by atoms with Gasteiger partial charge in [0.05, 0.1) is 0 Å². The summed E-state index contributed by atoms with van der Waals surface area (Å²) in [5.74, 6) is -0.260. The normalized spacial score (nSPS) is 10.2. The number of rotatable bonds is 1. The van der Waals surface area contributed by atoms with Gasteiger partial charge in [0.1, 0.15) is 0 Å². The number of aromatic nitrogens is 1. The van der Waals surface area contributed by atoms with Crippen molar-refractivity contribution in [2.45, 2.75) is 6.92 Å². The number of hydrogen-bond donors (Lipinski definition) is 0.